The van der Waals surface area contributed by atoms with Crippen molar-refractivity contribution in [2.24, 2.45) is 5.92 Å². The molecule has 21 heavy (non-hydrogen) atoms. The van der Waals surface area contributed by atoms with Gasteiger partial charge in [0.15, 0.2) is 0 Å². The lowest BCUT2D eigenvalue weighted by molar-refractivity contribution is -0.187. The Morgan fingerprint density at radius 2 is 1.95 bits per heavy atom. The number of likely N-dealkylation sites (tertiary alicyclic amines) is 1. The SMILES string of the molecule is CC(C=O)(CN1CCCC(C(F)(F)F)C1)c1ccccc1. The number of piperidine rings is 1. The van der Waals surface area contributed by atoms with E-state index in [1.54, 1.807) is 11.8 Å². The van der Waals surface area contributed by atoms with E-state index in [9.17, 15) is 18.0 Å². The molecule has 1 heterocycles. The van der Waals surface area contributed by atoms with Crippen LogP contribution in [-0.4, -0.2) is 37.0 Å². The average molecular weight is 299 g/mol. The van der Waals surface area contributed by atoms with Gasteiger partial charge in [0.2, 0.25) is 0 Å². The minimum Gasteiger partial charge on any atom is -0.302 e. The summed E-state index contributed by atoms with van der Waals surface area (Å²) in [7, 11) is 0. The van der Waals surface area contributed by atoms with Crippen molar-refractivity contribution < 1.29 is 18.0 Å². The van der Waals surface area contributed by atoms with Gasteiger partial charge in [-0.2, -0.15) is 13.2 Å². The highest BCUT2D eigenvalue weighted by Crippen LogP contribution is 2.34. The van der Waals surface area contributed by atoms with Crippen LogP contribution in [-0.2, 0) is 10.2 Å². The van der Waals surface area contributed by atoms with Crippen LogP contribution in [0.5, 0.6) is 0 Å². The number of halogens is 3. The highest BCUT2D eigenvalue weighted by atomic mass is 19.4. The summed E-state index contributed by atoms with van der Waals surface area (Å²) in [5, 5.41) is 0. The Balaban J connectivity index is 2.10. The normalized spacial score (nSPS) is 23.5. The number of nitrogens with zero attached hydrogens (tertiary/aromatic N) is 1. The van der Waals surface area contributed by atoms with E-state index >= 15 is 0 Å². The third-order valence-corrected chi connectivity index (χ3v) is 4.21. The average Bonchev–Trinajstić information content (AvgIpc) is 2.47. The van der Waals surface area contributed by atoms with Gasteiger partial charge in [-0.25, -0.2) is 0 Å². The van der Waals surface area contributed by atoms with E-state index in [0.29, 0.717) is 19.5 Å². The fraction of sp³-hybridized carbons (Fsp3) is 0.562. The number of hydrogen-bond acceptors (Lipinski definition) is 2. The Bertz CT molecular complexity index is 474. The summed E-state index contributed by atoms with van der Waals surface area (Å²) in [6, 6.07) is 9.23. The fourth-order valence-corrected chi connectivity index (χ4v) is 2.95. The molecule has 0 N–H and O–H groups in total. The predicted molar refractivity (Wildman–Crippen MR) is 75.1 cm³/mol. The zero-order valence-corrected chi connectivity index (χ0v) is 12.1. The van der Waals surface area contributed by atoms with Gasteiger partial charge in [0.1, 0.15) is 6.29 Å². The summed E-state index contributed by atoms with van der Waals surface area (Å²) in [5.41, 5.74) is 0.0727. The number of carbonyl (C=O) groups excluding carboxylic acids is 1. The first-order valence-corrected chi connectivity index (χ1v) is 7.16. The summed E-state index contributed by atoms with van der Waals surface area (Å²) in [5.74, 6) is -1.28. The Labute approximate surface area is 122 Å². The first-order valence-electron chi connectivity index (χ1n) is 7.16. The monoisotopic (exact) mass is 299 g/mol. The molecule has 2 nitrogen and oxygen atoms in total. The van der Waals surface area contributed by atoms with E-state index in [-0.39, 0.29) is 13.0 Å². The fourth-order valence-electron chi connectivity index (χ4n) is 2.95. The number of hydrogen-bond donors (Lipinski definition) is 0. The molecule has 0 spiro atoms. The zero-order valence-electron chi connectivity index (χ0n) is 12.1. The third kappa shape index (κ3) is 3.84. The van der Waals surface area contributed by atoms with Crippen LogP contribution in [0, 0.1) is 5.92 Å². The molecule has 1 aliphatic rings. The maximum Gasteiger partial charge on any atom is 0.393 e. The highest BCUT2D eigenvalue weighted by molar-refractivity contribution is 5.68. The molecule has 1 saturated heterocycles. The minimum atomic E-state index is -4.15. The van der Waals surface area contributed by atoms with Crippen molar-refractivity contribution in [1.29, 1.82) is 0 Å². The van der Waals surface area contributed by atoms with Gasteiger partial charge in [-0.3, -0.25) is 0 Å². The van der Waals surface area contributed by atoms with Gasteiger partial charge in [0.25, 0.3) is 0 Å². The molecular weight excluding hydrogens is 279 g/mol. The molecule has 1 aromatic rings. The lowest BCUT2D eigenvalue weighted by Crippen LogP contribution is -2.47. The minimum absolute atomic E-state index is 0.0141. The van der Waals surface area contributed by atoms with Gasteiger partial charge in [-0.15, -0.1) is 0 Å². The van der Waals surface area contributed by atoms with Crippen LogP contribution in [0.2, 0.25) is 0 Å². The summed E-state index contributed by atoms with van der Waals surface area (Å²) >= 11 is 0. The van der Waals surface area contributed by atoms with E-state index < -0.39 is 17.5 Å². The zero-order chi connectivity index (χ0) is 15.5. The molecule has 0 aromatic heterocycles. The molecule has 0 saturated carbocycles. The van der Waals surface area contributed by atoms with Crippen LogP contribution >= 0.6 is 0 Å². The maximum absolute atomic E-state index is 12.9. The first kappa shape index (κ1) is 16.0. The lowest BCUT2D eigenvalue weighted by atomic mass is 9.82. The van der Waals surface area contributed by atoms with Gasteiger partial charge in [-0.05, 0) is 31.9 Å². The van der Waals surface area contributed by atoms with Gasteiger partial charge in [0, 0.05) is 13.1 Å². The van der Waals surface area contributed by atoms with E-state index in [2.05, 4.69) is 0 Å². The standard InChI is InChI=1S/C16H20F3NO/c1-15(12-21,13-6-3-2-4-7-13)11-20-9-5-8-14(10-20)16(17,18)19/h2-4,6-7,12,14H,5,8-11H2,1H3. The van der Waals surface area contributed by atoms with Crippen molar-refractivity contribution in [3.63, 3.8) is 0 Å². The van der Waals surface area contributed by atoms with Crippen LogP contribution in [0.15, 0.2) is 30.3 Å². The molecule has 1 aromatic carbocycles. The summed E-state index contributed by atoms with van der Waals surface area (Å²) < 4.78 is 38.6. The van der Waals surface area contributed by atoms with E-state index in [0.717, 1.165) is 11.8 Å². The molecule has 1 fully saturated rings. The molecular formula is C16H20F3NO. The second-order valence-electron chi connectivity index (χ2n) is 6.02. The van der Waals surface area contributed by atoms with Crippen LogP contribution in [0.1, 0.15) is 25.3 Å². The summed E-state index contributed by atoms with van der Waals surface area (Å²) in [6.07, 6.45) is -2.60. The number of rotatable bonds is 4. The Hall–Kier alpha value is -1.36. The molecule has 1 aliphatic heterocycles. The van der Waals surface area contributed by atoms with Crippen molar-refractivity contribution >= 4 is 6.29 Å². The molecule has 0 amide bonds. The van der Waals surface area contributed by atoms with Crippen LogP contribution in [0.3, 0.4) is 0 Å². The van der Waals surface area contributed by atoms with Crippen molar-refractivity contribution in [1.82, 2.24) is 4.90 Å². The number of benzene rings is 1. The van der Waals surface area contributed by atoms with Gasteiger partial charge in [0.05, 0.1) is 11.3 Å². The smallest absolute Gasteiger partial charge is 0.302 e. The summed E-state index contributed by atoms with van der Waals surface area (Å²) in [6.45, 7) is 2.71. The van der Waals surface area contributed by atoms with Crippen molar-refractivity contribution in [2.75, 3.05) is 19.6 Å². The predicted octanol–water partition coefficient (Wildman–Crippen LogP) is 3.42. The largest absolute Gasteiger partial charge is 0.393 e. The second-order valence-corrected chi connectivity index (χ2v) is 6.02. The Kier molecular flexibility index (Phi) is 4.71. The number of alkyl halides is 3. The molecule has 0 radical (unpaired) electrons. The van der Waals surface area contributed by atoms with Crippen molar-refractivity contribution in [3.05, 3.63) is 35.9 Å². The highest BCUT2D eigenvalue weighted by Gasteiger charge is 2.42. The molecule has 0 bridgehead atoms. The molecule has 2 unspecified atom stereocenters. The van der Waals surface area contributed by atoms with E-state index in [4.69, 9.17) is 0 Å². The van der Waals surface area contributed by atoms with Gasteiger partial charge >= 0.3 is 6.18 Å². The Morgan fingerprint density at radius 1 is 1.29 bits per heavy atom. The quantitative estimate of drug-likeness (QED) is 0.794. The number of carbonyl (C=O) groups is 1. The maximum atomic E-state index is 12.9. The van der Waals surface area contributed by atoms with Crippen LogP contribution in [0.4, 0.5) is 13.2 Å². The van der Waals surface area contributed by atoms with Crippen LogP contribution < -0.4 is 0 Å². The van der Waals surface area contributed by atoms with Gasteiger partial charge < -0.3 is 9.69 Å². The van der Waals surface area contributed by atoms with Gasteiger partial charge in [-0.1, -0.05) is 30.3 Å². The van der Waals surface area contributed by atoms with E-state index in [1.165, 1.54) is 0 Å². The van der Waals surface area contributed by atoms with Crippen molar-refractivity contribution in [3.8, 4) is 0 Å². The van der Waals surface area contributed by atoms with Crippen LogP contribution in [0.25, 0.3) is 0 Å². The topological polar surface area (TPSA) is 20.3 Å². The first-order chi connectivity index (χ1) is 9.85. The molecule has 116 valence electrons. The Morgan fingerprint density at radius 3 is 2.52 bits per heavy atom. The van der Waals surface area contributed by atoms with E-state index in [1.807, 2.05) is 30.3 Å². The number of aldehydes is 1. The lowest BCUT2D eigenvalue weighted by Gasteiger charge is -2.38. The third-order valence-electron chi connectivity index (χ3n) is 4.21. The van der Waals surface area contributed by atoms with Crippen molar-refractivity contribution in [2.45, 2.75) is 31.4 Å². The molecule has 2 atom stereocenters. The second kappa shape index (κ2) is 6.18. The molecule has 5 heteroatoms. The molecule has 0 aliphatic carbocycles. The molecule has 2 rings (SSSR count). The summed E-state index contributed by atoms with van der Waals surface area (Å²) in [4.78, 5) is 13.3.